The predicted molar refractivity (Wildman–Crippen MR) is 103 cm³/mol. The molecule has 0 aliphatic heterocycles. The van der Waals surface area contributed by atoms with Gasteiger partial charge in [-0.25, -0.2) is 0 Å². The fourth-order valence-corrected chi connectivity index (χ4v) is 2.98. The second-order valence-electron chi connectivity index (χ2n) is 6.23. The second kappa shape index (κ2) is 7.85. The summed E-state index contributed by atoms with van der Waals surface area (Å²) in [5.74, 6) is -1.23. The summed E-state index contributed by atoms with van der Waals surface area (Å²) in [5, 5.41) is 19.1. The van der Waals surface area contributed by atoms with Crippen molar-refractivity contribution in [1.29, 1.82) is 0 Å². The number of benzene rings is 3. The number of ketones is 1. The zero-order valence-electron chi connectivity index (χ0n) is 14.5. The van der Waals surface area contributed by atoms with Crippen molar-refractivity contribution in [1.82, 2.24) is 0 Å². The Morgan fingerprint density at radius 2 is 1.56 bits per heavy atom. The van der Waals surface area contributed by atoms with Crippen LogP contribution in [0.15, 0.2) is 72.8 Å². The van der Waals surface area contributed by atoms with Crippen LogP contribution in [0.5, 0.6) is 5.75 Å². The van der Waals surface area contributed by atoms with Gasteiger partial charge in [0.2, 0.25) is 0 Å². The minimum absolute atomic E-state index is 0.0274. The summed E-state index contributed by atoms with van der Waals surface area (Å²) in [6.45, 7) is 0. The van der Waals surface area contributed by atoms with Gasteiger partial charge < -0.3 is 15.9 Å². The molecule has 0 radical (unpaired) electrons. The zero-order valence-corrected chi connectivity index (χ0v) is 14.5. The number of aliphatic carboxylic acids is 1. The van der Waals surface area contributed by atoms with Crippen LogP contribution in [0.3, 0.4) is 0 Å². The maximum Gasteiger partial charge on any atom is 0.320 e. The normalized spacial score (nSPS) is 11.7. The third-order valence-electron chi connectivity index (χ3n) is 4.35. The van der Waals surface area contributed by atoms with Crippen LogP contribution < -0.4 is 5.73 Å². The fraction of sp³-hybridized carbons (Fsp3) is 0.0909. The van der Waals surface area contributed by atoms with Crippen molar-refractivity contribution in [2.24, 2.45) is 5.73 Å². The minimum atomic E-state index is -1.11. The molecular weight excluding hydrogens is 342 g/mol. The molecule has 3 aromatic carbocycles. The molecule has 0 aromatic heterocycles. The molecule has 3 aromatic rings. The number of hydrogen-bond acceptors (Lipinski definition) is 4. The van der Waals surface area contributed by atoms with E-state index in [1.54, 1.807) is 54.6 Å². The Balaban J connectivity index is 2.11. The fourth-order valence-electron chi connectivity index (χ4n) is 2.98. The molecule has 0 bridgehead atoms. The standard InChI is InChI=1S/C22H19NO4/c23-20(22(26)27)12-15-10-11-16(24)13-19(15)17-8-4-5-9-18(17)21(25)14-6-2-1-3-7-14/h1-11,13,20,24H,12,23H2,(H,26,27). The summed E-state index contributed by atoms with van der Waals surface area (Å²) in [7, 11) is 0. The number of rotatable bonds is 6. The Morgan fingerprint density at radius 3 is 2.26 bits per heavy atom. The van der Waals surface area contributed by atoms with Crippen LogP contribution in [0.25, 0.3) is 11.1 Å². The molecular formula is C22H19NO4. The van der Waals surface area contributed by atoms with Crippen molar-refractivity contribution in [2.45, 2.75) is 12.5 Å². The third kappa shape index (κ3) is 4.04. The number of carbonyl (C=O) groups excluding carboxylic acids is 1. The molecule has 0 aliphatic carbocycles. The van der Waals surface area contributed by atoms with Crippen LogP contribution in [-0.2, 0) is 11.2 Å². The van der Waals surface area contributed by atoms with Crippen molar-refractivity contribution >= 4 is 11.8 Å². The molecule has 0 spiro atoms. The largest absolute Gasteiger partial charge is 0.508 e. The predicted octanol–water partition coefficient (Wildman–Crippen LogP) is 3.24. The zero-order chi connectivity index (χ0) is 19.4. The number of carboxylic acids is 1. The third-order valence-corrected chi connectivity index (χ3v) is 4.35. The number of nitrogens with two attached hydrogens (primary N) is 1. The first kappa shape index (κ1) is 18.4. The van der Waals surface area contributed by atoms with Crippen molar-refractivity contribution in [3.63, 3.8) is 0 Å². The molecule has 0 aliphatic rings. The number of aromatic hydroxyl groups is 1. The number of phenols is 1. The molecule has 0 fully saturated rings. The highest BCUT2D eigenvalue weighted by Crippen LogP contribution is 2.32. The first-order valence-electron chi connectivity index (χ1n) is 8.47. The first-order chi connectivity index (χ1) is 13.0. The van der Waals surface area contributed by atoms with Gasteiger partial charge in [0.1, 0.15) is 11.8 Å². The Bertz CT molecular complexity index is 983. The highest BCUT2D eigenvalue weighted by Gasteiger charge is 2.19. The van der Waals surface area contributed by atoms with Gasteiger partial charge in [0, 0.05) is 11.1 Å². The number of carbonyl (C=O) groups is 2. The lowest BCUT2D eigenvalue weighted by atomic mass is 9.89. The summed E-state index contributed by atoms with van der Waals surface area (Å²) in [4.78, 5) is 24.1. The average Bonchev–Trinajstić information content (AvgIpc) is 2.69. The van der Waals surface area contributed by atoms with Gasteiger partial charge in [-0.1, -0.05) is 60.7 Å². The van der Waals surface area contributed by atoms with Crippen LogP contribution in [-0.4, -0.2) is 28.0 Å². The van der Waals surface area contributed by atoms with Crippen molar-refractivity contribution in [2.75, 3.05) is 0 Å². The molecule has 1 unspecified atom stereocenters. The summed E-state index contributed by atoms with van der Waals surface area (Å²) >= 11 is 0. The van der Waals surface area contributed by atoms with Crippen molar-refractivity contribution < 1.29 is 19.8 Å². The SMILES string of the molecule is NC(Cc1ccc(O)cc1-c1ccccc1C(=O)c1ccccc1)C(=O)O. The quantitative estimate of drug-likeness (QED) is 0.585. The number of hydrogen-bond donors (Lipinski definition) is 3. The summed E-state index contributed by atoms with van der Waals surface area (Å²) in [5.41, 5.74) is 8.57. The van der Waals surface area contributed by atoms with Crippen LogP contribution in [0.1, 0.15) is 21.5 Å². The van der Waals surface area contributed by atoms with E-state index in [4.69, 9.17) is 10.8 Å². The van der Waals surface area contributed by atoms with Crippen molar-refractivity contribution in [3.8, 4) is 16.9 Å². The van der Waals surface area contributed by atoms with E-state index in [-0.39, 0.29) is 18.0 Å². The number of carboxylic acid groups (broad SMARTS) is 1. The lowest BCUT2D eigenvalue weighted by Crippen LogP contribution is -2.32. The monoisotopic (exact) mass is 361 g/mol. The van der Waals surface area contributed by atoms with E-state index in [9.17, 15) is 14.7 Å². The maximum atomic E-state index is 13.0. The van der Waals surface area contributed by atoms with Gasteiger partial charge in [-0.15, -0.1) is 0 Å². The molecule has 0 saturated heterocycles. The van der Waals surface area contributed by atoms with E-state index >= 15 is 0 Å². The molecule has 1 atom stereocenters. The molecule has 0 heterocycles. The van der Waals surface area contributed by atoms with E-state index in [1.165, 1.54) is 12.1 Å². The van der Waals surface area contributed by atoms with Crippen LogP contribution in [0.2, 0.25) is 0 Å². The van der Waals surface area contributed by atoms with Crippen molar-refractivity contribution in [3.05, 3.63) is 89.5 Å². The van der Waals surface area contributed by atoms with Gasteiger partial charge in [-0.3, -0.25) is 9.59 Å². The van der Waals surface area contributed by atoms with Crippen LogP contribution in [0, 0.1) is 0 Å². The molecule has 0 saturated carbocycles. The van der Waals surface area contributed by atoms with Gasteiger partial charge in [-0.2, -0.15) is 0 Å². The molecule has 5 nitrogen and oxygen atoms in total. The van der Waals surface area contributed by atoms with E-state index in [0.29, 0.717) is 27.8 Å². The van der Waals surface area contributed by atoms with E-state index < -0.39 is 12.0 Å². The Morgan fingerprint density at radius 1 is 0.889 bits per heavy atom. The van der Waals surface area contributed by atoms with Gasteiger partial charge >= 0.3 is 5.97 Å². The van der Waals surface area contributed by atoms with Gasteiger partial charge in [0.05, 0.1) is 0 Å². The highest BCUT2D eigenvalue weighted by molar-refractivity contribution is 6.13. The topological polar surface area (TPSA) is 101 Å². The Labute approximate surface area is 156 Å². The van der Waals surface area contributed by atoms with Gasteiger partial charge in [-0.05, 0) is 35.2 Å². The summed E-state index contributed by atoms with van der Waals surface area (Å²) in [6.07, 6.45) is 0.0822. The number of phenolic OH excluding ortho intramolecular Hbond substituents is 1. The van der Waals surface area contributed by atoms with E-state index in [0.717, 1.165) is 0 Å². The lowest BCUT2D eigenvalue weighted by Gasteiger charge is -2.15. The molecule has 27 heavy (non-hydrogen) atoms. The molecule has 4 N–H and O–H groups in total. The van der Waals surface area contributed by atoms with Crippen LogP contribution >= 0.6 is 0 Å². The van der Waals surface area contributed by atoms with Crippen LogP contribution in [0.4, 0.5) is 0 Å². The summed E-state index contributed by atoms with van der Waals surface area (Å²) < 4.78 is 0. The smallest absolute Gasteiger partial charge is 0.320 e. The highest BCUT2D eigenvalue weighted by atomic mass is 16.4. The van der Waals surface area contributed by atoms with E-state index in [1.807, 2.05) is 6.07 Å². The lowest BCUT2D eigenvalue weighted by molar-refractivity contribution is -0.138. The minimum Gasteiger partial charge on any atom is -0.508 e. The second-order valence-corrected chi connectivity index (χ2v) is 6.23. The van der Waals surface area contributed by atoms with Gasteiger partial charge in [0.25, 0.3) is 0 Å². The summed E-state index contributed by atoms with van der Waals surface area (Å²) in [6, 6.07) is 19.5. The first-order valence-corrected chi connectivity index (χ1v) is 8.47. The van der Waals surface area contributed by atoms with E-state index in [2.05, 4.69) is 0 Å². The van der Waals surface area contributed by atoms with Gasteiger partial charge in [0.15, 0.2) is 5.78 Å². The molecule has 3 rings (SSSR count). The average molecular weight is 361 g/mol. The molecule has 136 valence electrons. The molecule has 0 amide bonds. The Kier molecular flexibility index (Phi) is 5.33. The maximum absolute atomic E-state index is 13.0. The molecule has 5 heteroatoms. The Hall–Kier alpha value is -3.44.